The number of rotatable bonds is 7. The van der Waals surface area contributed by atoms with Gasteiger partial charge in [-0.05, 0) is 24.6 Å². The third kappa shape index (κ3) is 4.81. The van der Waals surface area contributed by atoms with Gasteiger partial charge in [-0.3, -0.25) is 9.69 Å². The highest BCUT2D eigenvalue weighted by Crippen LogP contribution is 2.25. The number of benzene rings is 1. The van der Waals surface area contributed by atoms with Crippen LogP contribution in [0.1, 0.15) is 21.6 Å². The number of nitrogens with two attached hydrogens (primary N) is 1. The van der Waals surface area contributed by atoms with Crippen LogP contribution in [-0.4, -0.2) is 63.9 Å². The molecule has 1 aliphatic rings. The Morgan fingerprint density at radius 2 is 2.00 bits per heavy atom. The van der Waals surface area contributed by atoms with Gasteiger partial charge >= 0.3 is 0 Å². The number of carbonyl (C=O) groups excluding carboxylic acids is 1. The normalized spacial score (nSPS) is 14.4. The van der Waals surface area contributed by atoms with Crippen LogP contribution in [0.15, 0.2) is 36.7 Å². The van der Waals surface area contributed by atoms with Crippen molar-refractivity contribution in [2.75, 3.05) is 44.0 Å². The summed E-state index contributed by atoms with van der Waals surface area (Å²) in [5, 5.41) is 11.2. The lowest BCUT2D eigenvalue weighted by molar-refractivity contribution is 0.0336. The Kier molecular flexibility index (Phi) is 6.10. The largest absolute Gasteiger partial charge is 0.379 e. The molecule has 0 unspecified atom stereocenters. The number of nitrogens with zero attached hydrogens (tertiary/aromatic N) is 5. The van der Waals surface area contributed by atoms with Crippen molar-refractivity contribution in [1.29, 1.82) is 0 Å². The summed E-state index contributed by atoms with van der Waals surface area (Å²) < 4.78 is 7.19. The number of aromatic nitrogens is 4. The Morgan fingerprint density at radius 3 is 2.74 bits per heavy atom. The molecule has 3 aromatic rings. The van der Waals surface area contributed by atoms with Crippen LogP contribution < -0.4 is 16.4 Å². The number of morpholine rings is 1. The first-order valence-electron chi connectivity index (χ1n) is 10.1. The third-order valence-electron chi connectivity index (χ3n) is 5.16. The lowest BCUT2D eigenvalue weighted by Crippen LogP contribution is -2.35. The molecule has 10 nitrogen and oxygen atoms in total. The predicted octanol–water partition coefficient (Wildman–Crippen LogP) is 1.69. The van der Waals surface area contributed by atoms with Crippen LogP contribution in [0.4, 0.5) is 17.3 Å². The van der Waals surface area contributed by atoms with Gasteiger partial charge in [0.1, 0.15) is 18.0 Å². The summed E-state index contributed by atoms with van der Waals surface area (Å²) in [7, 11) is 1.80. The molecule has 1 fully saturated rings. The molecule has 1 saturated heterocycles. The van der Waals surface area contributed by atoms with Crippen LogP contribution in [-0.2, 0) is 11.3 Å². The van der Waals surface area contributed by atoms with Crippen LogP contribution >= 0.6 is 0 Å². The smallest absolute Gasteiger partial charge is 0.248 e. The molecular weight excluding hydrogens is 396 g/mol. The van der Waals surface area contributed by atoms with E-state index < -0.39 is 5.91 Å². The van der Waals surface area contributed by atoms with Gasteiger partial charge in [-0.1, -0.05) is 6.07 Å². The second kappa shape index (κ2) is 9.11. The molecule has 0 aliphatic carbocycles. The quantitative estimate of drug-likeness (QED) is 0.526. The molecule has 1 aromatic carbocycles. The lowest BCUT2D eigenvalue weighted by Gasteiger charge is -2.25. The van der Waals surface area contributed by atoms with E-state index in [9.17, 15) is 4.79 Å². The highest BCUT2D eigenvalue weighted by atomic mass is 16.5. The number of aryl methyl sites for hydroxylation is 1. The third-order valence-corrected chi connectivity index (χ3v) is 5.16. The van der Waals surface area contributed by atoms with Crippen molar-refractivity contribution in [1.82, 2.24) is 24.6 Å². The molecule has 0 spiro atoms. The van der Waals surface area contributed by atoms with Gasteiger partial charge in [0.2, 0.25) is 5.91 Å². The van der Waals surface area contributed by atoms with Gasteiger partial charge in [0.15, 0.2) is 5.82 Å². The van der Waals surface area contributed by atoms with Gasteiger partial charge in [-0.15, -0.1) is 0 Å². The van der Waals surface area contributed by atoms with Crippen molar-refractivity contribution >= 4 is 23.2 Å². The molecule has 31 heavy (non-hydrogen) atoms. The highest BCUT2D eigenvalue weighted by Gasteiger charge is 2.17. The van der Waals surface area contributed by atoms with Crippen LogP contribution in [0.5, 0.6) is 0 Å². The molecule has 4 rings (SSSR count). The molecule has 1 amide bonds. The minimum Gasteiger partial charge on any atom is -0.379 e. The van der Waals surface area contributed by atoms with E-state index >= 15 is 0 Å². The molecule has 0 radical (unpaired) electrons. The van der Waals surface area contributed by atoms with E-state index in [2.05, 4.69) is 25.5 Å². The lowest BCUT2D eigenvalue weighted by atomic mass is 10.1. The average molecular weight is 422 g/mol. The van der Waals surface area contributed by atoms with Crippen LogP contribution in [0.2, 0.25) is 0 Å². The number of carbonyl (C=O) groups is 1. The van der Waals surface area contributed by atoms with E-state index in [1.165, 1.54) is 6.33 Å². The first-order valence-corrected chi connectivity index (χ1v) is 10.1. The number of hydrogen-bond acceptors (Lipinski definition) is 8. The van der Waals surface area contributed by atoms with Gasteiger partial charge in [0.05, 0.1) is 18.9 Å². The SMILES string of the molecule is CNc1cc(-n2nc(CN3CCOCC3)cc2Nc2cc(C(N)=O)ccc2C)ncn1. The van der Waals surface area contributed by atoms with E-state index in [-0.39, 0.29) is 0 Å². The van der Waals surface area contributed by atoms with Crippen LogP contribution in [0, 0.1) is 6.92 Å². The zero-order valence-electron chi connectivity index (χ0n) is 17.6. The van der Waals surface area contributed by atoms with Gasteiger partial charge in [-0.25, -0.2) is 9.97 Å². The van der Waals surface area contributed by atoms with Gasteiger partial charge in [0.25, 0.3) is 0 Å². The molecule has 10 heteroatoms. The van der Waals surface area contributed by atoms with Crippen molar-refractivity contribution in [3.05, 3.63) is 53.5 Å². The van der Waals surface area contributed by atoms with Crippen molar-refractivity contribution in [3.8, 4) is 5.82 Å². The van der Waals surface area contributed by atoms with Gasteiger partial charge < -0.3 is 21.1 Å². The maximum Gasteiger partial charge on any atom is 0.248 e. The number of hydrogen-bond donors (Lipinski definition) is 3. The van der Waals surface area contributed by atoms with E-state index in [4.69, 9.17) is 15.6 Å². The fourth-order valence-corrected chi connectivity index (χ4v) is 3.41. The maximum atomic E-state index is 11.6. The van der Waals surface area contributed by atoms with Crippen molar-refractivity contribution < 1.29 is 9.53 Å². The van der Waals surface area contributed by atoms with Gasteiger partial charge in [0, 0.05) is 50.1 Å². The average Bonchev–Trinajstić information content (AvgIpc) is 3.18. The summed E-state index contributed by atoms with van der Waals surface area (Å²) in [6, 6.07) is 9.14. The summed E-state index contributed by atoms with van der Waals surface area (Å²) >= 11 is 0. The Hall–Kier alpha value is -3.50. The van der Waals surface area contributed by atoms with Crippen LogP contribution in [0.3, 0.4) is 0 Å². The first kappa shape index (κ1) is 20.8. The van der Waals surface area contributed by atoms with Crippen LogP contribution in [0.25, 0.3) is 5.82 Å². The van der Waals surface area contributed by atoms with E-state index in [1.54, 1.807) is 23.9 Å². The Bertz CT molecular complexity index is 1070. The Morgan fingerprint density at radius 1 is 1.19 bits per heavy atom. The van der Waals surface area contributed by atoms with E-state index in [0.717, 1.165) is 49.1 Å². The highest BCUT2D eigenvalue weighted by molar-refractivity contribution is 5.94. The van der Waals surface area contributed by atoms with E-state index in [0.29, 0.717) is 23.7 Å². The Balaban J connectivity index is 1.70. The number of nitrogens with one attached hydrogen (secondary N) is 2. The van der Waals surface area contributed by atoms with Gasteiger partial charge in [-0.2, -0.15) is 9.78 Å². The number of anilines is 3. The molecule has 1 aliphatic heterocycles. The fraction of sp³-hybridized carbons (Fsp3) is 0.333. The zero-order chi connectivity index (χ0) is 21.8. The summed E-state index contributed by atoms with van der Waals surface area (Å²) in [5.74, 6) is 1.57. The number of amides is 1. The molecule has 0 atom stereocenters. The molecular formula is C21H26N8O2. The molecule has 0 bridgehead atoms. The van der Waals surface area contributed by atoms with E-state index in [1.807, 2.05) is 25.1 Å². The summed E-state index contributed by atoms with van der Waals surface area (Å²) in [6.45, 7) is 5.85. The van der Waals surface area contributed by atoms with Crippen molar-refractivity contribution in [3.63, 3.8) is 0 Å². The zero-order valence-corrected chi connectivity index (χ0v) is 17.6. The summed E-state index contributed by atoms with van der Waals surface area (Å²) in [5.41, 5.74) is 8.56. The predicted molar refractivity (Wildman–Crippen MR) is 118 cm³/mol. The molecule has 162 valence electrons. The molecule has 3 heterocycles. The summed E-state index contributed by atoms with van der Waals surface area (Å²) in [6.07, 6.45) is 1.49. The molecule has 0 saturated carbocycles. The second-order valence-corrected chi connectivity index (χ2v) is 7.35. The first-order chi connectivity index (χ1) is 15.0. The maximum absolute atomic E-state index is 11.6. The Labute approximate surface area is 180 Å². The monoisotopic (exact) mass is 422 g/mol. The fourth-order valence-electron chi connectivity index (χ4n) is 3.41. The molecule has 4 N–H and O–H groups in total. The number of primary amides is 1. The number of ether oxygens (including phenoxy) is 1. The minimum absolute atomic E-state index is 0.437. The standard InChI is InChI=1S/C21H26N8O2/c1-14-3-4-15(21(22)30)9-17(14)26-20-10-16(12-28-5-7-31-8-6-28)27-29(20)19-11-18(23-2)24-13-25-19/h3-4,9-11,13,26H,5-8,12H2,1-2H3,(H2,22,30)(H,23,24,25). The van der Waals surface area contributed by atoms with Crippen molar-refractivity contribution in [2.24, 2.45) is 5.73 Å². The summed E-state index contributed by atoms with van der Waals surface area (Å²) in [4.78, 5) is 22.5. The van der Waals surface area contributed by atoms with Crippen molar-refractivity contribution in [2.45, 2.75) is 13.5 Å². The minimum atomic E-state index is -0.473. The molecule has 2 aromatic heterocycles. The second-order valence-electron chi connectivity index (χ2n) is 7.35. The topological polar surface area (TPSA) is 123 Å².